The summed E-state index contributed by atoms with van der Waals surface area (Å²) in [7, 11) is 0. The number of unbranched alkanes of at least 4 members (excludes halogenated alkanes) is 4. The largest absolute Gasteiger partial charge is 0.326 e. The van der Waals surface area contributed by atoms with Crippen LogP contribution in [0.5, 0.6) is 0 Å². The highest BCUT2D eigenvalue weighted by Gasteiger charge is 2.05. The first-order chi connectivity index (χ1) is 14.2. The minimum Gasteiger partial charge on any atom is -0.326 e. The molecule has 0 aromatic heterocycles. The zero-order valence-corrected chi connectivity index (χ0v) is 17.4. The Kier molecular flexibility index (Phi) is 10.5. The van der Waals surface area contributed by atoms with Crippen molar-refractivity contribution in [1.82, 2.24) is 5.32 Å². The standard InChI is InChI=1S/C24H33N3O2/c1-2-3-4-5-9-18-25-19-24(29)27-22-15-13-21(14-16-22)26-23(28)17-12-20-10-7-6-8-11-20/h6-8,10-11,13-16,25H,2-5,9,12,17-19H2,1H3,(H,26,28)(H,27,29). The lowest BCUT2D eigenvalue weighted by atomic mass is 10.1. The Morgan fingerprint density at radius 2 is 1.38 bits per heavy atom. The van der Waals surface area contributed by atoms with Gasteiger partial charge in [-0.25, -0.2) is 0 Å². The molecule has 0 saturated carbocycles. The highest BCUT2D eigenvalue weighted by molar-refractivity contribution is 5.93. The van der Waals surface area contributed by atoms with Crippen LogP contribution in [-0.4, -0.2) is 24.9 Å². The average molecular weight is 396 g/mol. The van der Waals surface area contributed by atoms with Crippen LogP contribution in [0, 0.1) is 0 Å². The Labute approximate surface area is 174 Å². The highest BCUT2D eigenvalue weighted by Crippen LogP contribution is 2.14. The third kappa shape index (κ3) is 9.90. The fourth-order valence-corrected chi connectivity index (χ4v) is 3.02. The zero-order valence-electron chi connectivity index (χ0n) is 17.4. The Morgan fingerprint density at radius 1 is 0.759 bits per heavy atom. The molecule has 0 fully saturated rings. The van der Waals surface area contributed by atoms with Crippen molar-refractivity contribution in [3.05, 3.63) is 60.2 Å². The van der Waals surface area contributed by atoms with E-state index in [0.29, 0.717) is 19.4 Å². The van der Waals surface area contributed by atoms with Gasteiger partial charge in [-0.15, -0.1) is 0 Å². The molecule has 5 heteroatoms. The Bertz CT molecular complexity index is 730. The van der Waals surface area contributed by atoms with E-state index >= 15 is 0 Å². The SMILES string of the molecule is CCCCCCCNCC(=O)Nc1ccc(NC(=O)CCc2ccccc2)cc1. The fourth-order valence-electron chi connectivity index (χ4n) is 3.02. The minimum absolute atomic E-state index is 0.0197. The molecule has 5 nitrogen and oxygen atoms in total. The lowest BCUT2D eigenvalue weighted by Gasteiger charge is -2.09. The van der Waals surface area contributed by atoms with E-state index in [1.807, 2.05) is 30.3 Å². The molecule has 0 atom stereocenters. The third-order valence-corrected chi connectivity index (χ3v) is 4.68. The first-order valence-electron chi connectivity index (χ1n) is 10.6. The van der Waals surface area contributed by atoms with Gasteiger partial charge in [-0.1, -0.05) is 62.9 Å². The van der Waals surface area contributed by atoms with Gasteiger partial charge < -0.3 is 16.0 Å². The Hall–Kier alpha value is -2.66. The topological polar surface area (TPSA) is 70.2 Å². The number of carbonyl (C=O) groups excluding carboxylic acids is 2. The molecule has 156 valence electrons. The summed E-state index contributed by atoms with van der Waals surface area (Å²) in [5.41, 5.74) is 2.60. The molecule has 0 radical (unpaired) electrons. The van der Waals surface area contributed by atoms with Crippen LogP contribution in [-0.2, 0) is 16.0 Å². The molecule has 2 aromatic carbocycles. The maximum atomic E-state index is 12.1. The number of hydrogen-bond acceptors (Lipinski definition) is 3. The lowest BCUT2D eigenvalue weighted by Crippen LogP contribution is -2.28. The summed E-state index contributed by atoms with van der Waals surface area (Å²) >= 11 is 0. The molecule has 0 unspecified atom stereocenters. The van der Waals surface area contributed by atoms with Crippen molar-refractivity contribution in [3.8, 4) is 0 Å². The number of hydrogen-bond donors (Lipinski definition) is 3. The van der Waals surface area contributed by atoms with Crippen LogP contribution in [0.1, 0.15) is 51.0 Å². The maximum Gasteiger partial charge on any atom is 0.238 e. The molecular weight excluding hydrogens is 362 g/mol. The van der Waals surface area contributed by atoms with E-state index in [-0.39, 0.29) is 11.8 Å². The Morgan fingerprint density at radius 3 is 2.03 bits per heavy atom. The predicted molar refractivity (Wildman–Crippen MR) is 120 cm³/mol. The molecule has 2 aromatic rings. The van der Waals surface area contributed by atoms with Gasteiger partial charge in [-0.3, -0.25) is 9.59 Å². The van der Waals surface area contributed by atoms with Gasteiger partial charge in [-0.05, 0) is 49.2 Å². The molecule has 0 heterocycles. The molecular formula is C24H33N3O2. The second-order valence-corrected chi connectivity index (χ2v) is 7.25. The van der Waals surface area contributed by atoms with Gasteiger partial charge >= 0.3 is 0 Å². The zero-order chi connectivity index (χ0) is 20.7. The molecule has 0 aliphatic heterocycles. The fraction of sp³-hybridized carbons (Fsp3) is 0.417. The smallest absolute Gasteiger partial charge is 0.238 e. The van der Waals surface area contributed by atoms with Gasteiger partial charge in [0.1, 0.15) is 0 Å². The van der Waals surface area contributed by atoms with Crippen LogP contribution < -0.4 is 16.0 Å². The van der Waals surface area contributed by atoms with Crippen LogP contribution in [0.3, 0.4) is 0 Å². The quantitative estimate of drug-likeness (QED) is 0.428. The van der Waals surface area contributed by atoms with E-state index in [2.05, 4.69) is 22.9 Å². The van der Waals surface area contributed by atoms with Crippen molar-refractivity contribution in [2.75, 3.05) is 23.7 Å². The lowest BCUT2D eigenvalue weighted by molar-refractivity contribution is -0.116. The molecule has 2 rings (SSSR count). The second-order valence-electron chi connectivity index (χ2n) is 7.25. The number of carbonyl (C=O) groups is 2. The number of benzene rings is 2. The monoisotopic (exact) mass is 395 g/mol. The molecule has 2 amide bonds. The van der Waals surface area contributed by atoms with Gasteiger partial charge in [0, 0.05) is 17.8 Å². The van der Waals surface area contributed by atoms with Crippen LogP contribution in [0.25, 0.3) is 0 Å². The van der Waals surface area contributed by atoms with Gasteiger partial charge in [0.2, 0.25) is 11.8 Å². The summed E-state index contributed by atoms with van der Waals surface area (Å²) in [4.78, 5) is 24.1. The summed E-state index contributed by atoms with van der Waals surface area (Å²) in [6.07, 6.45) is 7.25. The highest BCUT2D eigenvalue weighted by atomic mass is 16.2. The summed E-state index contributed by atoms with van der Waals surface area (Å²) in [5.74, 6) is -0.0769. The molecule has 0 aliphatic rings. The van der Waals surface area contributed by atoms with E-state index in [1.54, 1.807) is 24.3 Å². The van der Waals surface area contributed by atoms with Crippen LogP contribution in [0.4, 0.5) is 11.4 Å². The van der Waals surface area contributed by atoms with Crippen molar-refractivity contribution in [2.24, 2.45) is 0 Å². The maximum absolute atomic E-state index is 12.1. The van der Waals surface area contributed by atoms with Crippen LogP contribution in [0.2, 0.25) is 0 Å². The average Bonchev–Trinajstić information content (AvgIpc) is 2.74. The van der Waals surface area contributed by atoms with Crippen molar-refractivity contribution in [3.63, 3.8) is 0 Å². The van der Waals surface area contributed by atoms with Gasteiger partial charge in [0.05, 0.1) is 6.54 Å². The predicted octanol–water partition coefficient (Wildman–Crippen LogP) is 4.76. The second kappa shape index (κ2) is 13.5. The molecule has 3 N–H and O–H groups in total. The molecule has 0 bridgehead atoms. The Balaban J connectivity index is 1.63. The first-order valence-corrected chi connectivity index (χ1v) is 10.6. The van der Waals surface area contributed by atoms with E-state index in [0.717, 1.165) is 29.9 Å². The van der Waals surface area contributed by atoms with Crippen LogP contribution in [0.15, 0.2) is 54.6 Å². The number of nitrogens with one attached hydrogen (secondary N) is 3. The molecule has 0 spiro atoms. The molecule has 0 saturated heterocycles. The van der Waals surface area contributed by atoms with Crippen molar-refractivity contribution < 1.29 is 9.59 Å². The van der Waals surface area contributed by atoms with Gasteiger partial charge in [0.25, 0.3) is 0 Å². The van der Waals surface area contributed by atoms with Crippen LogP contribution >= 0.6 is 0 Å². The van der Waals surface area contributed by atoms with Crippen molar-refractivity contribution >= 4 is 23.2 Å². The number of amides is 2. The molecule has 29 heavy (non-hydrogen) atoms. The van der Waals surface area contributed by atoms with Crippen molar-refractivity contribution in [1.29, 1.82) is 0 Å². The van der Waals surface area contributed by atoms with Gasteiger partial charge in [0.15, 0.2) is 0 Å². The van der Waals surface area contributed by atoms with Crippen molar-refractivity contribution in [2.45, 2.75) is 51.9 Å². The number of anilines is 2. The summed E-state index contributed by atoms with van der Waals surface area (Å²) < 4.78 is 0. The van der Waals surface area contributed by atoms with E-state index in [1.165, 1.54) is 25.7 Å². The summed E-state index contributed by atoms with van der Waals surface area (Å²) in [5, 5.41) is 8.94. The van der Waals surface area contributed by atoms with E-state index < -0.39 is 0 Å². The van der Waals surface area contributed by atoms with E-state index in [4.69, 9.17) is 0 Å². The summed E-state index contributed by atoms with van der Waals surface area (Å²) in [6.45, 7) is 3.38. The van der Waals surface area contributed by atoms with E-state index in [9.17, 15) is 9.59 Å². The van der Waals surface area contributed by atoms with Gasteiger partial charge in [-0.2, -0.15) is 0 Å². The first kappa shape index (κ1) is 22.6. The number of rotatable bonds is 13. The number of aryl methyl sites for hydroxylation is 1. The molecule has 0 aliphatic carbocycles. The normalized spacial score (nSPS) is 10.5. The minimum atomic E-state index is -0.0572. The summed E-state index contributed by atoms with van der Waals surface area (Å²) in [6, 6.07) is 17.2. The third-order valence-electron chi connectivity index (χ3n) is 4.68.